The lowest BCUT2D eigenvalue weighted by molar-refractivity contribution is 0.246. The first-order valence-corrected chi connectivity index (χ1v) is 5.54. The van der Waals surface area contributed by atoms with Crippen molar-refractivity contribution in [1.29, 1.82) is 0 Å². The Bertz CT molecular complexity index is 296. The molecular weight excluding hydrogens is 184 g/mol. The molecule has 15 heavy (non-hydrogen) atoms. The highest BCUT2D eigenvalue weighted by atomic mass is 15.1. The van der Waals surface area contributed by atoms with E-state index in [2.05, 4.69) is 55.4 Å². The molecule has 0 aliphatic carbocycles. The molecule has 1 unspecified atom stereocenters. The van der Waals surface area contributed by atoms with Gasteiger partial charge in [-0.2, -0.15) is 0 Å². The van der Waals surface area contributed by atoms with Crippen molar-refractivity contribution in [3.8, 4) is 0 Å². The Morgan fingerprint density at radius 2 is 2.00 bits per heavy atom. The molecule has 0 aromatic heterocycles. The number of likely N-dealkylation sites (N-methyl/N-ethyl adjacent to an activating group) is 2. The zero-order valence-corrected chi connectivity index (χ0v) is 10.2. The zero-order valence-electron chi connectivity index (χ0n) is 10.2. The maximum atomic E-state index is 3.21. The highest BCUT2D eigenvalue weighted by molar-refractivity contribution is 5.25. The molecule has 0 bridgehead atoms. The first kappa shape index (κ1) is 12.2. The Morgan fingerprint density at radius 1 is 1.33 bits per heavy atom. The third-order valence-corrected chi connectivity index (χ3v) is 2.93. The predicted molar refractivity (Wildman–Crippen MR) is 66.0 cm³/mol. The lowest BCUT2D eigenvalue weighted by Gasteiger charge is -2.25. The molecule has 0 heterocycles. The Balaban J connectivity index is 2.58. The minimum absolute atomic E-state index is 0.564. The van der Waals surface area contributed by atoms with Gasteiger partial charge in [-0.1, -0.05) is 24.3 Å². The summed E-state index contributed by atoms with van der Waals surface area (Å²) in [6.07, 6.45) is 0. The first-order chi connectivity index (χ1) is 7.15. The fraction of sp³-hybridized carbons (Fsp3) is 0.538. The second kappa shape index (κ2) is 5.89. The standard InChI is InChI=1S/C13H22N2/c1-11-7-5-6-8-13(11)10-15(4)12(2)9-14-3/h5-8,12,14H,9-10H2,1-4H3. The highest BCUT2D eigenvalue weighted by Gasteiger charge is 2.09. The number of nitrogens with one attached hydrogen (secondary N) is 1. The molecule has 1 atom stereocenters. The van der Waals surface area contributed by atoms with Crippen LogP contribution in [0.5, 0.6) is 0 Å². The first-order valence-electron chi connectivity index (χ1n) is 5.54. The summed E-state index contributed by atoms with van der Waals surface area (Å²) in [6.45, 7) is 6.47. The number of aryl methyl sites for hydroxylation is 1. The van der Waals surface area contributed by atoms with Gasteiger partial charge in [0.25, 0.3) is 0 Å². The lowest BCUT2D eigenvalue weighted by atomic mass is 10.1. The SMILES string of the molecule is CNCC(C)N(C)Cc1ccccc1C. The van der Waals surface area contributed by atoms with E-state index in [-0.39, 0.29) is 0 Å². The van der Waals surface area contributed by atoms with Crippen molar-refractivity contribution in [3.63, 3.8) is 0 Å². The number of hydrogen-bond donors (Lipinski definition) is 1. The van der Waals surface area contributed by atoms with E-state index in [1.165, 1.54) is 11.1 Å². The van der Waals surface area contributed by atoms with Crippen LogP contribution in [0.2, 0.25) is 0 Å². The fourth-order valence-electron chi connectivity index (χ4n) is 1.66. The predicted octanol–water partition coefficient (Wildman–Crippen LogP) is 2.03. The smallest absolute Gasteiger partial charge is 0.0236 e. The van der Waals surface area contributed by atoms with Gasteiger partial charge in [0.05, 0.1) is 0 Å². The van der Waals surface area contributed by atoms with Crippen molar-refractivity contribution in [3.05, 3.63) is 35.4 Å². The Morgan fingerprint density at radius 3 is 2.60 bits per heavy atom. The van der Waals surface area contributed by atoms with Gasteiger partial charge in [-0.05, 0) is 39.1 Å². The van der Waals surface area contributed by atoms with Crippen LogP contribution in [0.4, 0.5) is 0 Å². The molecule has 0 spiro atoms. The van der Waals surface area contributed by atoms with E-state index in [1.807, 2.05) is 7.05 Å². The molecule has 84 valence electrons. The molecule has 2 nitrogen and oxygen atoms in total. The van der Waals surface area contributed by atoms with Gasteiger partial charge in [0.1, 0.15) is 0 Å². The monoisotopic (exact) mass is 206 g/mol. The molecule has 0 saturated carbocycles. The molecule has 1 aromatic rings. The summed E-state index contributed by atoms with van der Waals surface area (Å²) in [4.78, 5) is 2.37. The van der Waals surface area contributed by atoms with Crippen LogP contribution in [0.25, 0.3) is 0 Å². The van der Waals surface area contributed by atoms with Crippen LogP contribution in [0.15, 0.2) is 24.3 Å². The van der Waals surface area contributed by atoms with E-state index in [1.54, 1.807) is 0 Å². The van der Waals surface area contributed by atoms with Crippen LogP contribution in [-0.2, 0) is 6.54 Å². The van der Waals surface area contributed by atoms with Crippen molar-refractivity contribution < 1.29 is 0 Å². The van der Waals surface area contributed by atoms with Crippen LogP contribution in [0, 0.1) is 6.92 Å². The van der Waals surface area contributed by atoms with E-state index in [0.717, 1.165) is 13.1 Å². The highest BCUT2D eigenvalue weighted by Crippen LogP contribution is 2.10. The number of benzene rings is 1. The second-order valence-corrected chi connectivity index (χ2v) is 4.25. The molecule has 0 fully saturated rings. The average Bonchev–Trinajstić information content (AvgIpc) is 2.21. The van der Waals surface area contributed by atoms with Crippen LogP contribution < -0.4 is 5.32 Å². The summed E-state index contributed by atoms with van der Waals surface area (Å²) >= 11 is 0. The van der Waals surface area contributed by atoms with Gasteiger partial charge in [0.2, 0.25) is 0 Å². The molecule has 1 N–H and O–H groups in total. The minimum Gasteiger partial charge on any atom is -0.318 e. The van der Waals surface area contributed by atoms with Crippen LogP contribution in [0.1, 0.15) is 18.1 Å². The molecule has 1 rings (SSSR count). The molecule has 0 aliphatic heterocycles. The van der Waals surface area contributed by atoms with E-state index < -0.39 is 0 Å². The molecule has 2 heteroatoms. The third kappa shape index (κ3) is 3.65. The Hall–Kier alpha value is -0.860. The maximum absolute atomic E-state index is 3.21. The Labute approximate surface area is 93.3 Å². The summed E-state index contributed by atoms with van der Waals surface area (Å²) in [7, 11) is 4.17. The number of nitrogens with zero attached hydrogens (tertiary/aromatic N) is 1. The van der Waals surface area contributed by atoms with Crippen molar-refractivity contribution in [2.24, 2.45) is 0 Å². The summed E-state index contributed by atoms with van der Waals surface area (Å²) < 4.78 is 0. The van der Waals surface area contributed by atoms with E-state index in [9.17, 15) is 0 Å². The van der Waals surface area contributed by atoms with Crippen molar-refractivity contribution >= 4 is 0 Å². The van der Waals surface area contributed by atoms with Crippen molar-refractivity contribution in [2.45, 2.75) is 26.4 Å². The molecule has 0 saturated heterocycles. The Kier molecular flexibility index (Phi) is 4.79. The van der Waals surface area contributed by atoms with Gasteiger partial charge in [0.15, 0.2) is 0 Å². The minimum atomic E-state index is 0.564. The van der Waals surface area contributed by atoms with E-state index in [4.69, 9.17) is 0 Å². The lowest BCUT2D eigenvalue weighted by Crippen LogP contribution is -2.36. The van der Waals surface area contributed by atoms with E-state index >= 15 is 0 Å². The zero-order chi connectivity index (χ0) is 11.3. The van der Waals surface area contributed by atoms with Gasteiger partial charge in [0, 0.05) is 19.1 Å². The fourth-order valence-corrected chi connectivity index (χ4v) is 1.66. The van der Waals surface area contributed by atoms with Crippen LogP contribution in [0.3, 0.4) is 0 Å². The molecule has 1 aromatic carbocycles. The number of hydrogen-bond acceptors (Lipinski definition) is 2. The summed E-state index contributed by atoms with van der Waals surface area (Å²) in [6, 6.07) is 9.15. The largest absolute Gasteiger partial charge is 0.318 e. The number of rotatable bonds is 5. The van der Waals surface area contributed by atoms with Gasteiger partial charge in [-0.25, -0.2) is 0 Å². The van der Waals surface area contributed by atoms with Gasteiger partial charge in [-0.3, -0.25) is 4.90 Å². The molecule has 0 amide bonds. The van der Waals surface area contributed by atoms with Crippen LogP contribution in [-0.4, -0.2) is 31.6 Å². The van der Waals surface area contributed by atoms with Crippen LogP contribution >= 0.6 is 0 Å². The van der Waals surface area contributed by atoms with Crippen molar-refractivity contribution in [2.75, 3.05) is 20.6 Å². The summed E-state index contributed by atoms with van der Waals surface area (Å²) in [5, 5.41) is 3.21. The maximum Gasteiger partial charge on any atom is 0.0236 e. The van der Waals surface area contributed by atoms with E-state index in [0.29, 0.717) is 6.04 Å². The average molecular weight is 206 g/mol. The normalized spacial score (nSPS) is 13.1. The second-order valence-electron chi connectivity index (χ2n) is 4.25. The van der Waals surface area contributed by atoms with Crippen molar-refractivity contribution in [1.82, 2.24) is 10.2 Å². The summed E-state index contributed by atoms with van der Waals surface area (Å²) in [5.41, 5.74) is 2.80. The molecule has 0 radical (unpaired) electrons. The molecular formula is C13H22N2. The molecule has 0 aliphatic rings. The third-order valence-electron chi connectivity index (χ3n) is 2.93. The van der Waals surface area contributed by atoms with Gasteiger partial charge < -0.3 is 5.32 Å². The van der Waals surface area contributed by atoms with Gasteiger partial charge >= 0.3 is 0 Å². The topological polar surface area (TPSA) is 15.3 Å². The summed E-state index contributed by atoms with van der Waals surface area (Å²) in [5.74, 6) is 0. The van der Waals surface area contributed by atoms with Gasteiger partial charge in [-0.15, -0.1) is 0 Å². The quantitative estimate of drug-likeness (QED) is 0.793.